The third-order valence-corrected chi connectivity index (χ3v) is 3.64. The number of rotatable bonds is 2. The minimum Gasteiger partial charge on any atom is -0.444 e. The second-order valence-corrected chi connectivity index (χ2v) is 7.02. The lowest BCUT2D eigenvalue weighted by atomic mass is 10.2. The maximum Gasteiger partial charge on any atom is 0.454 e. The number of ketones is 1. The Morgan fingerprint density at radius 1 is 1.25 bits per heavy atom. The first-order valence-corrected chi connectivity index (χ1v) is 7.67. The molecule has 1 aliphatic rings. The van der Waals surface area contributed by atoms with E-state index in [1.807, 2.05) is 0 Å². The highest BCUT2D eigenvalue weighted by Crippen LogP contribution is 2.42. The fourth-order valence-corrected chi connectivity index (χ4v) is 2.73. The molecule has 0 fully saturated rings. The molecule has 24 heavy (non-hydrogen) atoms. The Balaban J connectivity index is 2.08. The van der Waals surface area contributed by atoms with Gasteiger partial charge >= 0.3 is 12.3 Å². The number of thioether (sulfide) groups is 1. The Kier molecular flexibility index (Phi) is 4.84. The number of halogens is 3. The number of carbonyl (C=O) groups is 2. The number of allylic oxidation sites excluding steroid dienone is 1. The number of benzene rings is 1. The van der Waals surface area contributed by atoms with E-state index >= 15 is 0 Å². The third kappa shape index (κ3) is 4.92. The fraction of sp³-hybridized carbons (Fsp3) is 0.333. The Labute approximate surface area is 140 Å². The molecule has 5 nitrogen and oxygen atoms in total. The van der Waals surface area contributed by atoms with Crippen molar-refractivity contribution in [1.82, 2.24) is 0 Å². The molecule has 2 N–H and O–H groups in total. The number of nitrogens with one attached hydrogen (secondary N) is 2. The van der Waals surface area contributed by atoms with E-state index in [1.54, 1.807) is 39.0 Å². The number of anilines is 2. The van der Waals surface area contributed by atoms with Crippen LogP contribution in [-0.4, -0.2) is 23.7 Å². The van der Waals surface area contributed by atoms with Crippen molar-refractivity contribution in [3.05, 3.63) is 29.3 Å². The van der Waals surface area contributed by atoms with Gasteiger partial charge in [-0.3, -0.25) is 10.1 Å². The zero-order chi connectivity index (χ0) is 18.1. The monoisotopic (exact) mass is 360 g/mol. The summed E-state index contributed by atoms with van der Waals surface area (Å²) in [7, 11) is 0. The van der Waals surface area contributed by atoms with Crippen LogP contribution in [0.3, 0.4) is 0 Å². The van der Waals surface area contributed by atoms with Gasteiger partial charge in [-0.2, -0.15) is 13.2 Å². The van der Waals surface area contributed by atoms with Crippen LogP contribution in [0.25, 0.3) is 0 Å². The summed E-state index contributed by atoms with van der Waals surface area (Å²) in [4.78, 5) is 23.3. The average molecular weight is 360 g/mol. The summed E-state index contributed by atoms with van der Waals surface area (Å²) in [5, 5.41) is 5.33. The first kappa shape index (κ1) is 18.2. The van der Waals surface area contributed by atoms with Crippen molar-refractivity contribution in [3.8, 4) is 0 Å². The second kappa shape index (κ2) is 6.39. The second-order valence-electron chi connectivity index (χ2n) is 5.94. The fourth-order valence-electron chi connectivity index (χ4n) is 1.75. The van der Waals surface area contributed by atoms with Crippen LogP contribution in [0, 0.1) is 0 Å². The summed E-state index contributed by atoms with van der Waals surface area (Å²) in [5.74, 6) is -1.93. The molecule has 0 spiro atoms. The number of carbonyl (C=O) groups excluding carboxylic acids is 2. The number of alkyl halides is 3. The van der Waals surface area contributed by atoms with Gasteiger partial charge in [0.05, 0.1) is 10.7 Å². The number of ether oxygens (including phenoxy) is 1. The number of hydrogen-bond acceptors (Lipinski definition) is 5. The van der Waals surface area contributed by atoms with E-state index in [9.17, 15) is 22.8 Å². The van der Waals surface area contributed by atoms with Crippen molar-refractivity contribution in [2.24, 2.45) is 0 Å². The van der Waals surface area contributed by atoms with Crippen LogP contribution in [0.4, 0.5) is 29.3 Å². The molecule has 0 aliphatic carbocycles. The summed E-state index contributed by atoms with van der Waals surface area (Å²) in [5.41, 5.74) is 0.335. The van der Waals surface area contributed by atoms with Gasteiger partial charge < -0.3 is 10.1 Å². The predicted octanol–water partition coefficient (Wildman–Crippen LogP) is 4.52. The van der Waals surface area contributed by atoms with Gasteiger partial charge in [0, 0.05) is 16.7 Å². The normalized spacial score (nSPS) is 15.7. The van der Waals surface area contributed by atoms with Crippen molar-refractivity contribution in [2.45, 2.75) is 37.4 Å². The van der Waals surface area contributed by atoms with Crippen molar-refractivity contribution in [1.29, 1.82) is 0 Å². The van der Waals surface area contributed by atoms with Crippen LogP contribution in [-0.2, 0) is 9.53 Å². The minimum absolute atomic E-state index is 0.0711. The van der Waals surface area contributed by atoms with Gasteiger partial charge in [-0.05, 0) is 39.0 Å². The lowest BCUT2D eigenvalue weighted by molar-refractivity contribution is -0.165. The summed E-state index contributed by atoms with van der Waals surface area (Å²) in [6, 6.07) is 4.74. The maximum absolute atomic E-state index is 12.3. The highest BCUT2D eigenvalue weighted by Gasteiger charge is 2.37. The quantitative estimate of drug-likeness (QED) is 0.759. The molecule has 0 saturated heterocycles. The highest BCUT2D eigenvalue weighted by atomic mass is 32.2. The van der Waals surface area contributed by atoms with E-state index in [0.29, 0.717) is 22.3 Å². The van der Waals surface area contributed by atoms with Crippen LogP contribution < -0.4 is 10.6 Å². The first-order valence-electron chi connectivity index (χ1n) is 6.86. The van der Waals surface area contributed by atoms with Crippen molar-refractivity contribution in [3.63, 3.8) is 0 Å². The maximum atomic E-state index is 12.3. The van der Waals surface area contributed by atoms with E-state index < -0.39 is 23.7 Å². The van der Waals surface area contributed by atoms with Crippen molar-refractivity contribution >= 4 is 35.0 Å². The summed E-state index contributed by atoms with van der Waals surface area (Å²) in [6.07, 6.45) is -5.04. The van der Waals surface area contributed by atoms with E-state index in [4.69, 9.17) is 4.74 Å². The summed E-state index contributed by atoms with van der Waals surface area (Å²) in [6.45, 7) is 5.18. The smallest absolute Gasteiger partial charge is 0.444 e. The topological polar surface area (TPSA) is 67.4 Å². The lowest BCUT2D eigenvalue weighted by Crippen LogP contribution is -2.27. The molecule has 0 saturated carbocycles. The molecule has 0 aromatic heterocycles. The van der Waals surface area contributed by atoms with Crippen molar-refractivity contribution < 1.29 is 27.5 Å². The SMILES string of the molecule is CC(C)(C)OC(=O)Nc1ccc2c(c1)S/C(=C/C(=O)C(F)(F)F)N2. The highest BCUT2D eigenvalue weighted by molar-refractivity contribution is 8.03. The van der Waals surface area contributed by atoms with Crippen LogP contribution in [0.5, 0.6) is 0 Å². The molecule has 1 amide bonds. The number of hydrogen-bond donors (Lipinski definition) is 2. The zero-order valence-corrected chi connectivity index (χ0v) is 13.9. The number of fused-ring (bicyclic) bond motifs is 1. The molecule has 1 aromatic rings. The molecule has 1 aromatic carbocycles. The van der Waals surface area contributed by atoms with Crippen LogP contribution in [0.2, 0.25) is 0 Å². The Morgan fingerprint density at radius 3 is 2.50 bits per heavy atom. The molecule has 0 radical (unpaired) electrons. The molecule has 9 heteroatoms. The summed E-state index contributed by atoms with van der Waals surface area (Å²) >= 11 is 0.972. The Morgan fingerprint density at radius 2 is 1.92 bits per heavy atom. The molecule has 0 atom stereocenters. The van der Waals surface area contributed by atoms with E-state index in [1.165, 1.54) is 0 Å². The number of amides is 1. The molecule has 2 rings (SSSR count). The van der Waals surface area contributed by atoms with E-state index in [-0.39, 0.29) is 5.03 Å². The summed E-state index contributed by atoms with van der Waals surface area (Å²) < 4.78 is 42.0. The lowest BCUT2D eigenvalue weighted by Gasteiger charge is -2.19. The Hall–Kier alpha value is -2.16. The Bertz CT molecular complexity index is 709. The van der Waals surface area contributed by atoms with E-state index in [0.717, 1.165) is 11.8 Å². The third-order valence-electron chi connectivity index (χ3n) is 2.65. The largest absolute Gasteiger partial charge is 0.454 e. The first-order chi connectivity index (χ1) is 10.9. The minimum atomic E-state index is -4.91. The molecule has 0 bridgehead atoms. The molecular weight excluding hydrogens is 345 g/mol. The van der Waals surface area contributed by atoms with Gasteiger partial charge in [0.2, 0.25) is 0 Å². The van der Waals surface area contributed by atoms with E-state index in [2.05, 4.69) is 10.6 Å². The van der Waals surface area contributed by atoms with Gasteiger partial charge in [-0.1, -0.05) is 11.8 Å². The van der Waals surface area contributed by atoms with Crippen LogP contribution >= 0.6 is 11.8 Å². The molecule has 130 valence electrons. The molecular formula is C15H15F3N2O3S. The molecule has 1 heterocycles. The van der Waals surface area contributed by atoms with Crippen molar-refractivity contribution in [2.75, 3.05) is 10.6 Å². The van der Waals surface area contributed by atoms with Gasteiger partial charge in [0.1, 0.15) is 5.60 Å². The van der Waals surface area contributed by atoms with Crippen LogP contribution in [0.15, 0.2) is 34.2 Å². The standard InChI is InChI=1S/C15H15F3N2O3S/c1-14(2,3)23-13(22)19-8-4-5-9-10(6-8)24-12(20-9)7-11(21)15(16,17)18/h4-7,20H,1-3H3,(H,19,22)/b12-7+. The van der Waals surface area contributed by atoms with Gasteiger partial charge in [-0.15, -0.1) is 0 Å². The van der Waals surface area contributed by atoms with Crippen LogP contribution in [0.1, 0.15) is 20.8 Å². The molecule has 1 aliphatic heterocycles. The predicted molar refractivity (Wildman–Crippen MR) is 84.9 cm³/mol. The van der Waals surface area contributed by atoms with Gasteiger partial charge in [0.15, 0.2) is 0 Å². The zero-order valence-electron chi connectivity index (χ0n) is 13.1. The van der Waals surface area contributed by atoms with Gasteiger partial charge in [-0.25, -0.2) is 4.79 Å². The average Bonchev–Trinajstić information content (AvgIpc) is 2.76. The van der Waals surface area contributed by atoms with Gasteiger partial charge in [0.25, 0.3) is 5.78 Å². The molecule has 0 unspecified atom stereocenters.